The third-order valence-electron chi connectivity index (χ3n) is 5.69. The molecular weight excluding hydrogens is 407 g/mol. The quantitative estimate of drug-likeness (QED) is 0.640. The number of rotatable bonds is 4. The summed E-state index contributed by atoms with van der Waals surface area (Å²) in [5, 5.41) is 0. The molecule has 0 radical (unpaired) electrons. The van der Waals surface area contributed by atoms with Crippen LogP contribution in [-0.2, 0) is 39.3 Å². The Morgan fingerprint density at radius 3 is 2.19 bits per heavy atom. The maximum atomic E-state index is 13.2. The summed E-state index contributed by atoms with van der Waals surface area (Å²) >= 11 is 0. The number of halogens is 3. The molecule has 8 heteroatoms. The van der Waals surface area contributed by atoms with Crippen molar-refractivity contribution in [2.75, 3.05) is 6.54 Å². The number of benzene rings is 2. The first kappa shape index (κ1) is 21.1. The molecule has 0 amide bonds. The summed E-state index contributed by atoms with van der Waals surface area (Å²) < 4.78 is 41.0. The summed E-state index contributed by atoms with van der Waals surface area (Å²) in [4.78, 5) is 28.1. The highest BCUT2D eigenvalue weighted by Gasteiger charge is 2.30. The third kappa shape index (κ3) is 4.34. The maximum absolute atomic E-state index is 13.2. The number of hydrogen-bond donors (Lipinski definition) is 0. The van der Waals surface area contributed by atoms with E-state index in [0.29, 0.717) is 30.6 Å². The normalized spacial score (nSPS) is 14.5. The van der Waals surface area contributed by atoms with Gasteiger partial charge in [0.25, 0.3) is 5.56 Å². The Balaban J connectivity index is 1.63. The van der Waals surface area contributed by atoms with Crippen LogP contribution < -0.4 is 11.2 Å². The fourth-order valence-corrected chi connectivity index (χ4v) is 4.01. The predicted molar refractivity (Wildman–Crippen MR) is 111 cm³/mol. The van der Waals surface area contributed by atoms with Gasteiger partial charge in [-0.3, -0.25) is 14.3 Å². The molecule has 0 atom stereocenters. The lowest BCUT2D eigenvalue weighted by Gasteiger charge is -2.30. The zero-order chi connectivity index (χ0) is 22.2. The molecule has 31 heavy (non-hydrogen) atoms. The van der Waals surface area contributed by atoms with E-state index >= 15 is 0 Å². The second-order valence-corrected chi connectivity index (χ2v) is 7.80. The van der Waals surface area contributed by atoms with Gasteiger partial charge in [0.15, 0.2) is 0 Å². The van der Waals surface area contributed by atoms with Gasteiger partial charge in [0.05, 0.1) is 17.7 Å². The van der Waals surface area contributed by atoms with Gasteiger partial charge in [-0.1, -0.05) is 42.5 Å². The molecule has 0 bridgehead atoms. The number of fused-ring (bicyclic) bond motifs is 1. The van der Waals surface area contributed by atoms with E-state index in [1.54, 1.807) is 7.05 Å². The number of aromatic nitrogens is 2. The predicted octanol–water partition coefficient (Wildman–Crippen LogP) is 3.17. The van der Waals surface area contributed by atoms with Crippen molar-refractivity contribution in [3.63, 3.8) is 0 Å². The molecule has 0 aliphatic carbocycles. The fourth-order valence-electron chi connectivity index (χ4n) is 4.01. The van der Waals surface area contributed by atoms with Crippen LogP contribution in [0.1, 0.15) is 27.9 Å². The van der Waals surface area contributed by atoms with Crippen molar-refractivity contribution in [3.05, 3.63) is 103 Å². The van der Waals surface area contributed by atoms with Crippen molar-refractivity contribution in [2.24, 2.45) is 7.05 Å². The van der Waals surface area contributed by atoms with E-state index in [4.69, 9.17) is 0 Å². The highest BCUT2D eigenvalue weighted by atomic mass is 19.4. The van der Waals surface area contributed by atoms with Crippen molar-refractivity contribution < 1.29 is 13.2 Å². The van der Waals surface area contributed by atoms with Crippen LogP contribution in [-0.4, -0.2) is 20.6 Å². The largest absolute Gasteiger partial charge is 0.416 e. The molecule has 2 aromatic carbocycles. The third-order valence-corrected chi connectivity index (χ3v) is 5.69. The van der Waals surface area contributed by atoms with Gasteiger partial charge < -0.3 is 4.57 Å². The Hall–Kier alpha value is -3.13. The Morgan fingerprint density at radius 1 is 0.903 bits per heavy atom. The summed E-state index contributed by atoms with van der Waals surface area (Å²) in [5.41, 5.74) is 1.29. The van der Waals surface area contributed by atoms with E-state index in [1.165, 1.54) is 16.7 Å². The molecule has 0 N–H and O–H groups in total. The molecule has 0 spiro atoms. The highest BCUT2D eigenvalue weighted by molar-refractivity contribution is 5.26. The molecule has 2 heterocycles. The monoisotopic (exact) mass is 429 g/mol. The second kappa shape index (κ2) is 8.19. The topological polar surface area (TPSA) is 47.2 Å². The summed E-state index contributed by atoms with van der Waals surface area (Å²) in [6.45, 7) is 1.78. The van der Waals surface area contributed by atoms with Gasteiger partial charge in [-0.05, 0) is 23.3 Å². The summed E-state index contributed by atoms with van der Waals surface area (Å²) in [6, 6.07) is 14.5. The zero-order valence-electron chi connectivity index (χ0n) is 17.0. The lowest BCUT2D eigenvalue weighted by atomic mass is 10.1. The first-order valence-electron chi connectivity index (χ1n) is 9.98. The molecule has 0 saturated heterocycles. The lowest BCUT2D eigenvalue weighted by Crippen LogP contribution is -2.47. The minimum absolute atomic E-state index is 0.0738. The van der Waals surface area contributed by atoms with E-state index in [2.05, 4.69) is 4.90 Å². The lowest BCUT2D eigenvalue weighted by molar-refractivity contribution is -0.137. The first-order chi connectivity index (χ1) is 14.7. The molecule has 162 valence electrons. The molecule has 0 saturated carbocycles. The highest BCUT2D eigenvalue weighted by Crippen LogP contribution is 2.29. The van der Waals surface area contributed by atoms with E-state index in [1.807, 2.05) is 30.3 Å². The van der Waals surface area contributed by atoms with Gasteiger partial charge in [-0.25, -0.2) is 4.79 Å². The summed E-state index contributed by atoms with van der Waals surface area (Å²) in [5.74, 6) is 0. The molecule has 4 rings (SSSR count). The minimum Gasteiger partial charge on any atom is -0.300 e. The van der Waals surface area contributed by atoms with Crippen LogP contribution in [0, 0.1) is 0 Å². The van der Waals surface area contributed by atoms with Crippen molar-refractivity contribution >= 4 is 0 Å². The van der Waals surface area contributed by atoms with E-state index in [0.717, 1.165) is 34.5 Å². The number of hydrogen-bond acceptors (Lipinski definition) is 3. The summed E-state index contributed by atoms with van der Waals surface area (Å²) in [7, 11) is 1.64. The zero-order valence-corrected chi connectivity index (χ0v) is 17.0. The standard InChI is InChI=1S/C23H22F3N3O2/c1-27-20-11-12-28(13-16-5-3-2-4-6-16)15-19(20)21(30)29(22(27)31)14-17-7-9-18(10-8-17)23(24,25)26/h2-10H,11-15H2,1H3. The Kier molecular flexibility index (Phi) is 5.58. The van der Waals surface area contributed by atoms with Gasteiger partial charge in [0.2, 0.25) is 0 Å². The molecule has 1 aromatic heterocycles. The molecule has 0 fully saturated rings. The summed E-state index contributed by atoms with van der Waals surface area (Å²) in [6.07, 6.45) is -3.84. The van der Waals surface area contributed by atoms with Crippen molar-refractivity contribution in [3.8, 4) is 0 Å². The molecule has 5 nitrogen and oxygen atoms in total. The average Bonchev–Trinajstić information content (AvgIpc) is 2.75. The van der Waals surface area contributed by atoms with E-state index < -0.39 is 17.4 Å². The van der Waals surface area contributed by atoms with Crippen LogP contribution in [0.3, 0.4) is 0 Å². The second-order valence-electron chi connectivity index (χ2n) is 7.80. The van der Waals surface area contributed by atoms with Crippen LogP contribution in [0.15, 0.2) is 64.2 Å². The van der Waals surface area contributed by atoms with E-state index in [9.17, 15) is 22.8 Å². The fraction of sp³-hybridized carbons (Fsp3) is 0.304. The van der Waals surface area contributed by atoms with Crippen LogP contribution in [0.25, 0.3) is 0 Å². The van der Waals surface area contributed by atoms with Gasteiger partial charge >= 0.3 is 11.9 Å². The Bertz CT molecular complexity index is 1200. The van der Waals surface area contributed by atoms with Crippen LogP contribution in [0.4, 0.5) is 13.2 Å². The molecular formula is C23H22F3N3O2. The van der Waals surface area contributed by atoms with Crippen molar-refractivity contribution in [2.45, 2.75) is 32.2 Å². The van der Waals surface area contributed by atoms with Gasteiger partial charge in [0.1, 0.15) is 0 Å². The molecule has 1 aliphatic heterocycles. The molecule has 1 aliphatic rings. The van der Waals surface area contributed by atoms with Gasteiger partial charge in [0, 0.05) is 38.8 Å². The van der Waals surface area contributed by atoms with Gasteiger partial charge in [-0.2, -0.15) is 13.2 Å². The first-order valence-corrected chi connectivity index (χ1v) is 9.98. The average molecular weight is 429 g/mol. The van der Waals surface area contributed by atoms with Crippen LogP contribution >= 0.6 is 0 Å². The number of alkyl halides is 3. The van der Waals surface area contributed by atoms with E-state index in [-0.39, 0.29) is 12.1 Å². The Labute approximate surface area is 177 Å². The number of nitrogens with zero attached hydrogens (tertiary/aromatic N) is 3. The van der Waals surface area contributed by atoms with Crippen LogP contribution in [0.5, 0.6) is 0 Å². The minimum atomic E-state index is -4.43. The Morgan fingerprint density at radius 2 is 1.55 bits per heavy atom. The molecule has 3 aromatic rings. The van der Waals surface area contributed by atoms with Crippen molar-refractivity contribution in [1.82, 2.24) is 14.0 Å². The smallest absolute Gasteiger partial charge is 0.300 e. The van der Waals surface area contributed by atoms with Crippen molar-refractivity contribution in [1.29, 1.82) is 0 Å². The SMILES string of the molecule is Cn1c2c(c(=O)n(Cc3ccc(C(F)(F)F)cc3)c1=O)CN(Cc1ccccc1)CC2. The van der Waals surface area contributed by atoms with Crippen LogP contribution in [0.2, 0.25) is 0 Å². The maximum Gasteiger partial charge on any atom is 0.416 e. The molecule has 0 unspecified atom stereocenters. The van der Waals surface area contributed by atoms with Gasteiger partial charge in [-0.15, -0.1) is 0 Å².